The summed E-state index contributed by atoms with van der Waals surface area (Å²) < 4.78 is 49.0. The highest BCUT2D eigenvalue weighted by Crippen LogP contribution is 2.42. The van der Waals surface area contributed by atoms with Gasteiger partial charge in [0.15, 0.2) is 0 Å². The van der Waals surface area contributed by atoms with Crippen LogP contribution in [0.2, 0.25) is 0 Å². The van der Waals surface area contributed by atoms with E-state index in [9.17, 15) is 13.2 Å². The molecule has 1 unspecified atom stereocenters. The Labute approximate surface area is 128 Å². The molecule has 0 bridgehead atoms. The molecule has 0 amide bonds. The summed E-state index contributed by atoms with van der Waals surface area (Å²) in [5.74, 6) is 0.264. The molecule has 1 heterocycles. The molecule has 0 saturated carbocycles. The van der Waals surface area contributed by atoms with Crippen LogP contribution in [-0.2, 0) is 6.18 Å². The molecule has 0 aromatic heterocycles. The number of alkyl halides is 3. The van der Waals surface area contributed by atoms with Crippen LogP contribution in [0.5, 0.6) is 11.5 Å². The third-order valence-corrected chi connectivity index (χ3v) is 3.59. The number of halogens is 4. The molecule has 0 radical (unpaired) electrons. The minimum Gasteiger partial charge on any atom is -0.496 e. The summed E-state index contributed by atoms with van der Waals surface area (Å²) in [7, 11) is 2.64. The van der Waals surface area contributed by atoms with E-state index in [1.807, 2.05) is 0 Å². The lowest BCUT2D eigenvalue weighted by Crippen LogP contribution is -2.28. The lowest BCUT2D eigenvalue weighted by atomic mass is 9.90. The highest BCUT2D eigenvalue weighted by atomic mass is 35.5. The normalized spacial score (nSPS) is 18.8. The lowest BCUT2D eigenvalue weighted by Gasteiger charge is -2.26. The highest BCUT2D eigenvalue weighted by Gasteiger charge is 2.36. The monoisotopic (exact) mass is 325 g/mol. The molecule has 1 aliphatic rings. The van der Waals surface area contributed by atoms with E-state index in [1.54, 1.807) is 0 Å². The second-order valence-electron chi connectivity index (χ2n) is 4.84. The number of nitrogens with one attached hydrogen (secondary N) is 1. The fourth-order valence-electron chi connectivity index (χ4n) is 2.58. The Morgan fingerprint density at radius 2 is 1.81 bits per heavy atom. The third-order valence-electron chi connectivity index (χ3n) is 3.59. The molecule has 120 valence electrons. The molecule has 7 heteroatoms. The van der Waals surface area contributed by atoms with E-state index >= 15 is 0 Å². The van der Waals surface area contributed by atoms with Gasteiger partial charge in [-0.3, -0.25) is 0 Å². The van der Waals surface area contributed by atoms with Crippen molar-refractivity contribution in [3.8, 4) is 11.5 Å². The maximum Gasteiger partial charge on any atom is 0.420 e. The van der Waals surface area contributed by atoms with Crippen molar-refractivity contribution < 1.29 is 22.6 Å². The van der Waals surface area contributed by atoms with E-state index < -0.39 is 11.7 Å². The molecule has 3 nitrogen and oxygen atoms in total. The molecule has 0 aliphatic carbocycles. The van der Waals surface area contributed by atoms with E-state index in [-0.39, 0.29) is 29.8 Å². The van der Waals surface area contributed by atoms with Crippen molar-refractivity contribution in [3.63, 3.8) is 0 Å². The molecule has 1 aliphatic heterocycles. The van der Waals surface area contributed by atoms with E-state index in [0.717, 1.165) is 37.6 Å². The predicted octanol–water partition coefficient (Wildman–Crippen LogP) is 3.61. The largest absolute Gasteiger partial charge is 0.496 e. The number of ether oxygens (including phenoxy) is 2. The standard InChI is InChI=1S/C14H18F3NO2.ClH/c1-19-12-7-11(14(15,16)17)13(20-2)6-10(12)9-4-3-5-18-8-9;/h6-7,9,18H,3-5,8H2,1-2H3;1H. The van der Waals surface area contributed by atoms with Gasteiger partial charge in [0.1, 0.15) is 17.1 Å². The van der Waals surface area contributed by atoms with Crippen LogP contribution < -0.4 is 14.8 Å². The fourth-order valence-corrected chi connectivity index (χ4v) is 2.58. The molecule has 1 N–H and O–H groups in total. The summed E-state index contributed by atoms with van der Waals surface area (Å²) in [5, 5.41) is 3.25. The number of rotatable bonds is 3. The van der Waals surface area contributed by atoms with Gasteiger partial charge in [0, 0.05) is 18.0 Å². The van der Waals surface area contributed by atoms with Crippen LogP contribution in [0.25, 0.3) is 0 Å². The first-order chi connectivity index (χ1) is 9.47. The lowest BCUT2D eigenvalue weighted by molar-refractivity contribution is -0.138. The zero-order valence-corrected chi connectivity index (χ0v) is 12.7. The summed E-state index contributed by atoms with van der Waals surface area (Å²) >= 11 is 0. The third kappa shape index (κ3) is 3.95. The van der Waals surface area contributed by atoms with Gasteiger partial charge < -0.3 is 14.8 Å². The van der Waals surface area contributed by atoms with Crippen molar-refractivity contribution in [1.82, 2.24) is 5.32 Å². The summed E-state index contributed by atoms with van der Waals surface area (Å²) in [6.07, 6.45) is -2.53. The topological polar surface area (TPSA) is 30.5 Å². The first-order valence-corrected chi connectivity index (χ1v) is 6.51. The average Bonchev–Trinajstić information content (AvgIpc) is 2.45. The van der Waals surface area contributed by atoms with Crippen LogP contribution in [0.3, 0.4) is 0 Å². The minimum atomic E-state index is -4.46. The minimum absolute atomic E-state index is 0. The SMILES string of the molecule is COc1cc(C(F)(F)F)c(OC)cc1C1CCCNC1.Cl. The van der Waals surface area contributed by atoms with Crippen LogP contribution in [0.1, 0.15) is 29.9 Å². The van der Waals surface area contributed by atoms with Crippen molar-refractivity contribution in [2.75, 3.05) is 27.3 Å². The van der Waals surface area contributed by atoms with Gasteiger partial charge in [-0.05, 0) is 31.5 Å². The Hall–Kier alpha value is -1.14. The molecule has 1 fully saturated rings. The molecule has 0 spiro atoms. The van der Waals surface area contributed by atoms with Gasteiger partial charge >= 0.3 is 6.18 Å². The Balaban J connectivity index is 0.00000220. The zero-order valence-electron chi connectivity index (χ0n) is 11.9. The quantitative estimate of drug-likeness (QED) is 0.921. The summed E-state index contributed by atoms with van der Waals surface area (Å²) in [4.78, 5) is 0. The molecule has 1 aromatic carbocycles. The van der Waals surface area contributed by atoms with Crippen LogP contribution >= 0.6 is 12.4 Å². The van der Waals surface area contributed by atoms with Gasteiger partial charge in [-0.25, -0.2) is 0 Å². The molecule has 1 atom stereocenters. The predicted molar refractivity (Wildman–Crippen MR) is 76.6 cm³/mol. The van der Waals surface area contributed by atoms with E-state index in [1.165, 1.54) is 20.3 Å². The van der Waals surface area contributed by atoms with E-state index in [2.05, 4.69) is 5.32 Å². The molecular formula is C14H19ClF3NO2. The first-order valence-electron chi connectivity index (χ1n) is 6.51. The van der Waals surface area contributed by atoms with Gasteiger partial charge in [-0.2, -0.15) is 13.2 Å². The summed E-state index contributed by atoms with van der Waals surface area (Å²) in [5.41, 5.74) is -0.0334. The molecular weight excluding hydrogens is 307 g/mol. The number of piperidine rings is 1. The smallest absolute Gasteiger partial charge is 0.420 e. The highest BCUT2D eigenvalue weighted by molar-refractivity contribution is 5.85. The maximum atomic E-state index is 13.0. The van der Waals surface area contributed by atoms with Gasteiger partial charge in [0.25, 0.3) is 0 Å². The van der Waals surface area contributed by atoms with Crippen LogP contribution in [0, 0.1) is 0 Å². The average molecular weight is 326 g/mol. The van der Waals surface area contributed by atoms with Gasteiger partial charge in [0.05, 0.1) is 14.2 Å². The zero-order chi connectivity index (χ0) is 14.8. The fraction of sp³-hybridized carbons (Fsp3) is 0.571. The Kier molecular flexibility index (Phi) is 6.16. The van der Waals surface area contributed by atoms with Crippen molar-refractivity contribution in [2.24, 2.45) is 0 Å². The van der Waals surface area contributed by atoms with Crippen LogP contribution in [-0.4, -0.2) is 27.3 Å². The Morgan fingerprint density at radius 3 is 2.29 bits per heavy atom. The second kappa shape index (κ2) is 7.22. The Bertz CT molecular complexity index is 474. The molecule has 1 saturated heterocycles. The van der Waals surface area contributed by atoms with Crippen LogP contribution in [0.4, 0.5) is 13.2 Å². The number of methoxy groups -OCH3 is 2. The van der Waals surface area contributed by atoms with Gasteiger partial charge in [-0.1, -0.05) is 0 Å². The van der Waals surface area contributed by atoms with Gasteiger partial charge in [0.2, 0.25) is 0 Å². The molecule has 1 aromatic rings. The summed E-state index contributed by atoms with van der Waals surface area (Å²) in [6.45, 7) is 1.68. The van der Waals surface area contributed by atoms with Gasteiger partial charge in [-0.15, -0.1) is 12.4 Å². The second-order valence-corrected chi connectivity index (χ2v) is 4.84. The maximum absolute atomic E-state index is 13.0. The molecule has 21 heavy (non-hydrogen) atoms. The number of hydrogen-bond donors (Lipinski definition) is 1. The first kappa shape index (κ1) is 17.9. The Morgan fingerprint density at radius 1 is 1.14 bits per heavy atom. The van der Waals surface area contributed by atoms with Crippen molar-refractivity contribution in [3.05, 3.63) is 23.3 Å². The molecule has 2 rings (SSSR count). The van der Waals surface area contributed by atoms with E-state index in [0.29, 0.717) is 0 Å². The van der Waals surface area contributed by atoms with Crippen molar-refractivity contribution >= 4 is 12.4 Å². The van der Waals surface area contributed by atoms with E-state index in [4.69, 9.17) is 9.47 Å². The van der Waals surface area contributed by atoms with Crippen molar-refractivity contribution in [1.29, 1.82) is 0 Å². The number of benzene rings is 1. The van der Waals surface area contributed by atoms with Crippen LogP contribution in [0.15, 0.2) is 12.1 Å². The summed E-state index contributed by atoms with van der Waals surface area (Å²) in [6, 6.07) is 2.49. The van der Waals surface area contributed by atoms with Crippen molar-refractivity contribution in [2.45, 2.75) is 24.9 Å². The number of hydrogen-bond acceptors (Lipinski definition) is 3.